The van der Waals surface area contributed by atoms with E-state index in [1.54, 1.807) is 34.8 Å². The van der Waals surface area contributed by atoms with Gasteiger partial charge in [-0.3, -0.25) is 14.4 Å². The number of carbonyl (C=O) groups is 3. The maximum absolute atomic E-state index is 12.0. The molecule has 0 atom stereocenters. The van der Waals surface area contributed by atoms with E-state index in [0.29, 0.717) is 125 Å². The quantitative estimate of drug-likeness (QED) is 0.0804. The normalized spacial score (nSPS) is 11.2. The van der Waals surface area contributed by atoms with Gasteiger partial charge in [-0.15, -0.1) is 0 Å². The van der Waals surface area contributed by atoms with Crippen molar-refractivity contribution in [3.05, 3.63) is 24.4 Å². The van der Waals surface area contributed by atoms with Crippen LogP contribution < -0.4 is 5.32 Å². The summed E-state index contributed by atoms with van der Waals surface area (Å²) in [5, 5.41) is 3.45. The molecule has 1 N–H and O–H groups in total. The third-order valence-corrected chi connectivity index (χ3v) is 8.30. The largest absolute Gasteiger partial charge is 0.379 e. The summed E-state index contributed by atoms with van der Waals surface area (Å²) in [5.41, 5.74) is 0. The Morgan fingerprint density at radius 2 is 1.04 bits per heavy atom. The molecule has 0 aliphatic rings. The van der Waals surface area contributed by atoms with Crippen molar-refractivity contribution in [2.75, 3.05) is 119 Å². The van der Waals surface area contributed by atoms with Crippen LogP contribution in [-0.2, 0) is 52.3 Å². The molecule has 0 unspecified atom stereocenters. The molecule has 1 rings (SSSR count). The van der Waals surface area contributed by atoms with E-state index in [4.69, 9.17) is 37.9 Å². The zero-order valence-corrected chi connectivity index (χ0v) is 29.5. The van der Waals surface area contributed by atoms with Crippen molar-refractivity contribution in [2.45, 2.75) is 43.6 Å². The highest BCUT2D eigenvalue weighted by Gasteiger charge is 2.06. The van der Waals surface area contributed by atoms with Crippen molar-refractivity contribution in [1.29, 1.82) is 0 Å². The average Bonchev–Trinajstić information content (AvgIpc) is 3.09. The van der Waals surface area contributed by atoms with Gasteiger partial charge in [0.05, 0.1) is 99.1 Å². The van der Waals surface area contributed by atoms with Crippen LogP contribution in [0.1, 0.15) is 38.5 Å². The average molecular weight is 707 g/mol. The lowest BCUT2D eigenvalue weighted by Crippen LogP contribution is -2.19. The number of aromatic nitrogens is 1. The van der Waals surface area contributed by atoms with Gasteiger partial charge in [-0.25, -0.2) is 4.98 Å². The monoisotopic (exact) mass is 706 g/mol. The second-order valence-electron chi connectivity index (χ2n) is 9.83. The highest BCUT2D eigenvalue weighted by molar-refractivity contribution is 8.76. The molecule has 0 saturated heterocycles. The van der Waals surface area contributed by atoms with Crippen LogP contribution in [-0.4, -0.2) is 141 Å². The van der Waals surface area contributed by atoms with Crippen LogP contribution in [0.2, 0.25) is 0 Å². The Balaban J connectivity index is 1.67. The number of ketones is 2. The van der Waals surface area contributed by atoms with Crippen molar-refractivity contribution in [3.63, 3.8) is 0 Å². The van der Waals surface area contributed by atoms with Crippen LogP contribution >= 0.6 is 21.6 Å². The standard InChI is InChI=1S/C32H54N2O11S2/c1-33-31(37)8-7-30(36)9-13-39-15-17-41-19-21-43-23-25-45-27-26-44-24-22-42-20-18-40-16-14-38-12-4-5-29(35)10-28-46-47-32-6-2-3-11-34-32/h2-3,6,11H,4-5,7-10,12-28H2,1H3,(H,33,37). The molecule has 13 nitrogen and oxygen atoms in total. The molecule has 0 saturated carbocycles. The Morgan fingerprint density at radius 3 is 1.51 bits per heavy atom. The molecule has 1 aromatic rings. The summed E-state index contributed by atoms with van der Waals surface area (Å²) in [6.07, 6.45) is 4.35. The van der Waals surface area contributed by atoms with Crippen molar-refractivity contribution >= 4 is 39.1 Å². The molecule has 15 heteroatoms. The Kier molecular flexibility index (Phi) is 31.6. The molecular formula is C32H54N2O11S2. The first kappa shape index (κ1) is 43.4. The maximum atomic E-state index is 12.0. The van der Waals surface area contributed by atoms with Crippen LogP contribution in [0.25, 0.3) is 0 Å². The fraction of sp³-hybridized carbons (Fsp3) is 0.750. The van der Waals surface area contributed by atoms with Crippen molar-refractivity contribution < 1.29 is 52.3 Å². The molecule has 0 fully saturated rings. The van der Waals surface area contributed by atoms with Gasteiger partial charge in [0, 0.05) is 57.7 Å². The number of hydrogen-bond acceptors (Lipinski definition) is 14. The molecule has 0 aliphatic carbocycles. The van der Waals surface area contributed by atoms with Gasteiger partial charge < -0.3 is 43.2 Å². The molecule has 1 aromatic heterocycles. The van der Waals surface area contributed by atoms with Gasteiger partial charge in [-0.1, -0.05) is 16.9 Å². The SMILES string of the molecule is CNC(=O)CCC(=O)CCOCCOCCOCCOCCOCCOCCOCCOCCCC(=O)CCSSc1ccccn1. The highest BCUT2D eigenvalue weighted by atomic mass is 33.1. The second-order valence-corrected chi connectivity index (χ2v) is 12.3. The Labute approximate surface area is 287 Å². The summed E-state index contributed by atoms with van der Waals surface area (Å²) in [7, 11) is 4.80. The van der Waals surface area contributed by atoms with Gasteiger partial charge in [-0.2, -0.15) is 0 Å². The fourth-order valence-electron chi connectivity index (χ4n) is 3.48. The lowest BCUT2D eigenvalue weighted by molar-refractivity contribution is -0.125. The fourth-order valence-corrected chi connectivity index (χ4v) is 5.39. The predicted molar refractivity (Wildman–Crippen MR) is 181 cm³/mol. The predicted octanol–water partition coefficient (Wildman–Crippen LogP) is 3.18. The van der Waals surface area contributed by atoms with Crippen LogP contribution in [0, 0.1) is 0 Å². The number of rotatable bonds is 36. The molecule has 0 aliphatic heterocycles. The minimum absolute atomic E-state index is 0.0129. The molecule has 1 heterocycles. The van der Waals surface area contributed by atoms with E-state index in [1.807, 2.05) is 18.2 Å². The topological polar surface area (TPSA) is 150 Å². The van der Waals surface area contributed by atoms with Crippen LogP contribution in [0.5, 0.6) is 0 Å². The molecular weight excluding hydrogens is 652 g/mol. The van der Waals surface area contributed by atoms with E-state index in [9.17, 15) is 14.4 Å². The zero-order chi connectivity index (χ0) is 33.9. The number of Topliss-reactive ketones (excluding diaryl/α,β-unsaturated/α-hetero) is 2. The van der Waals surface area contributed by atoms with Gasteiger partial charge in [0.15, 0.2) is 0 Å². The highest BCUT2D eigenvalue weighted by Crippen LogP contribution is 2.29. The molecule has 0 radical (unpaired) electrons. The Bertz CT molecular complexity index is 888. The van der Waals surface area contributed by atoms with Gasteiger partial charge in [0.1, 0.15) is 16.6 Å². The van der Waals surface area contributed by atoms with Crippen molar-refractivity contribution in [2.24, 2.45) is 0 Å². The summed E-state index contributed by atoms with van der Waals surface area (Å²) in [6.45, 7) is 7.47. The number of nitrogens with one attached hydrogen (secondary N) is 1. The van der Waals surface area contributed by atoms with Gasteiger partial charge in [0.2, 0.25) is 5.91 Å². The van der Waals surface area contributed by atoms with E-state index < -0.39 is 0 Å². The third kappa shape index (κ3) is 31.4. The molecule has 270 valence electrons. The number of carbonyl (C=O) groups excluding carboxylic acids is 3. The second kappa shape index (κ2) is 34.2. The molecule has 0 spiro atoms. The number of pyridine rings is 1. The smallest absolute Gasteiger partial charge is 0.220 e. The third-order valence-electron chi connectivity index (χ3n) is 6.03. The van der Waals surface area contributed by atoms with Gasteiger partial charge in [0.25, 0.3) is 0 Å². The number of ether oxygens (including phenoxy) is 8. The van der Waals surface area contributed by atoms with Crippen LogP contribution in [0.4, 0.5) is 0 Å². The lowest BCUT2D eigenvalue weighted by atomic mass is 10.2. The minimum Gasteiger partial charge on any atom is -0.379 e. The number of amides is 1. The van der Waals surface area contributed by atoms with Crippen molar-refractivity contribution in [3.8, 4) is 0 Å². The first-order valence-corrected chi connectivity index (χ1v) is 18.5. The Morgan fingerprint density at radius 1 is 0.574 bits per heavy atom. The lowest BCUT2D eigenvalue weighted by Gasteiger charge is -2.08. The summed E-state index contributed by atoms with van der Waals surface area (Å²) >= 11 is 0. The number of hydrogen-bond donors (Lipinski definition) is 1. The van der Waals surface area contributed by atoms with Gasteiger partial charge in [-0.05, 0) is 29.3 Å². The first-order valence-electron chi connectivity index (χ1n) is 16.2. The molecule has 1 amide bonds. The van der Waals surface area contributed by atoms with Crippen molar-refractivity contribution in [1.82, 2.24) is 10.3 Å². The van der Waals surface area contributed by atoms with E-state index in [1.165, 1.54) is 0 Å². The summed E-state index contributed by atoms with van der Waals surface area (Å²) in [4.78, 5) is 38.9. The van der Waals surface area contributed by atoms with E-state index in [0.717, 1.165) is 17.2 Å². The first-order chi connectivity index (χ1) is 23.1. The summed E-state index contributed by atoms with van der Waals surface area (Å²) in [5.74, 6) is 0.920. The van der Waals surface area contributed by atoms with Gasteiger partial charge >= 0.3 is 0 Å². The molecule has 0 bridgehead atoms. The van der Waals surface area contributed by atoms with E-state index in [2.05, 4.69) is 10.3 Å². The van der Waals surface area contributed by atoms with E-state index in [-0.39, 0.29) is 30.3 Å². The van der Waals surface area contributed by atoms with E-state index >= 15 is 0 Å². The molecule has 0 aromatic carbocycles. The Hall–Kier alpha value is -1.66. The summed E-state index contributed by atoms with van der Waals surface area (Å²) < 4.78 is 43.6. The zero-order valence-electron chi connectivity index (χ0n) is 27.8. The summed E-state index contributed by atoms with van der Waals surface area (Å²) in [6, 6.07) is 5.80. The van der Waals surface area contributed by atoms with Crippen LogP contribution in [0.15, 0.2) is 29.4 Å². The van der Waals surface area contributed by atoms with Crippen LogP contribution in [0.3, 0.4) is 0 Å². The minimum atomic E-state index is -0.136. The number of nitrogens with zero attached hydrogens (tertiary/aromatic N) is 1. The maximum Gasteiger partial charge on any atom is 0.220 e. The molecule has 47 heavy (non-hydrogen) atoms.